The molecule has 6 rings (SSSR count). The Labute approximate surface area is 202 Å². The van der Waals surface area contributed by atoms with E-state index in [1.54, 1.807) is 12.4 Å². The number of nitrogens with zero attached hydrogens (tertiary/aromatic N) is 5. The van der Waals surface area contributed by atoms with Crippen molar-refractivity contribution in [2.75, 3.05) is 0 Å². The van der Waals surface area contributed by atoms with Crippen LogP contribution < -0.4 is 5.32 Å². The van der Waals surface area contributed by atoms with Crippen LogP contribution in [0.25, 0.3) is 33.2 Å². The Bertz CT molecular complexity index is 1490. The third-order valence-corrected chi connectivity index (χ3v) is 6.89. The number of benzene rings is 1. The van der Waals surface area contributed by atoms with Crippen LogP contribution in [0.4, 0.5) is 0 Å². The van der Waals surface area contributed by atoms with Crippen molar-refractivity contribution in [2.24, 2.45) is 5.92 Å². The molecule has 1 saturated carbocycles. The van der Waals surface area contributed by atoms with Crippen LogP contribution in [-0.4, -0.2) is 41.9 Å². The fourth-order valence-corrected chi connectivity index (χ4v) is 5.19. The molecule has 1 aliphatic rings. The Balaban J connectivity index is 1.16. The summed E-state index contributed by atoms with van der Waals surface area (Å²) in [6.45, 7) is 2.80. The second-order valence-corrected chi connectivity index (χ2v) is 9.49. The largest absolute Gasteiger partial charge is 0.349 e. The van der Waals surface area contributed by atoms with Crippen LogP contribution in [0.3, 0.4) is 0 Å². The van der Waals surface area contributed by atoms with Crippen LogP contribution >= 0.6 is 0 Å². The summed E-state index contributed by atoms with van der Waals surface area (Å²) in [5, 5.41) is 17.5. The van der Waals surface area contributed by atoms with Gasteiger partial charge in [-0.3, -0.25) is 19.6 Å². The number of aromatic amines is 1. The smallest absolute Gasteiger partial charge is 0.251 e. The zero-order valence-electron chi connectivity index (χ0n) is 19.6. The molecule has 0 radical (unpaired) electrons. The van der Waals surface area contributed by atoms with Gasteiger partial charge >= 0.3 is 0 Å². The van der Waals surface area contributed by atoms with E-state index in [0.29, 0.717) is 11.5 Å². The summed E-state index contributed by atoms with van der Waals surface area (Å²) < 4.78 is 2.00. The second kappa shape index (κ2) is 8.94. The highest BCUT2D eigenvalue weighted by Gasteiger charge is 2.25. The number of hydrogen-bond donors (Lipinski definition) is 2. The van der Waals surface area contributed by atoms with Gasteiger partial charge in [0, 0.05) is 58.8 Å². The van der Waals surface area contributed by atoms with Crippen LogP contribution in [0.15, 0.2) is 61.1 Å². The van der Waals surface area contributed by atoms with Gasteiger partial charge in [0.15, 0.2) is 5.65 Å². The summed E-state index contributed by atoms with van der Waals surface area (Å²) in [4.78, 5) is 21.8. The lowest BCUT2D eigenvalue weighted by Crippen LogP contribution is -2.39. The number of rotatable bonds is 5. The molecule has 0 bridgehead atoms. The van der Waals surface area contributed by atoms with Crippen LogP contribution in [-0.2, 0) is 6.54 Å². The second-order valence-electron chi connectivity index (χ2n) is 9.49. The van der Waals surface area contributed by atoms with E-state index < -0.39 is 0 Å². The molecule has 1 aromatic carbocycles. The van der Waals surface area contributed by atoms with Gasteiger partial charge in [-0.05, 0) is 74.6 Å². The van der Waals surface area contributed by atoms with Gasteiger partial charge < -0.3 is 5.32 Å². The SMILES string of the molecule is Cc1cc(-c2n[nH]c3ccc(C(=O)NC4CCCC(Cn5cc6cccnc6n5)C4)cc23)ccn1. The minimum atomic E-state index is -0.0374. The van der Waals surface area contributed by atoms with E-state index in [9.17, 15) is 4.79 Å². The summed E-state index contributed by atoms with van der Waals surface area (Å²) in [6.07, 6.45) is 9.81. The van der Waals surface area contributed by atoms with Crippen LogP contribution in [0, 0.1) is 12.8 Å². The number of aromatic nitrogens is 6. The van der Waals surface area contributed by atoms with Crippen molar-refractivity contribution in [3.05, 3.63) is 72.3 Å². The molecule has 2 N–H and O–H groups in total. The van der Waals surface area contributed by atoms with E-state index in [1.807, 2.05) is 54.1 Å². The van der Waals surface area contributed by atoms with E-state index in [2.05, 4.69) is 36.8 Å². The zero-order valence-corrected chi connectivity index (χ0v) is 19.6. The molecule has 8 heteroatoms. The normalized spacial score (nSPS) is 18.2. The van der Waals surface area contributed by atoms with Gasteiger partial charge in [0.25, 0.3) is 5.91 Å². The summed E-state index contributed by atoms with van der Waals surface area (Å²) in [7, 11) is 0. The van der Waals surface area contributed by atoms with E-state index >= 15 is 0 Å². The number of fused-ring (bicyclic) bond motifs is 2. The quantitative estimate of drug-likeness (QED) is 0.393. The fraction of sp³-hybridized carbons (Fsp3) is 0.296. The fourth-order valence-electron chi connectivity index (χ4n) is 5.19. The molecule has 35 heavy (non-hydrogen) atoms. The van der Waals surface area contributed by atoms with Gasteiger partial charge in [-0.25, -0.2) is 4.98 Å². The van der Waals surface area contributed by atoms with Gasteiger partial charge in [-0.1, -0.05) is 6.42 Å². The third-order valence-electron chi connectivity index (χ3n) is 6.89. The van der Waals surface area contributed by atoms with Gasteiger partial charge in [0.2, 0.25) is 0 Å². The van der Waals surface area contributed by atoms with Crippen molar-refractivity contribution < 1.29 is 4.79 Å². The van der Waals surface area contributed by atoms with Crippen molar-refractivity contribution >= 4 is 27.8 Å². The molecule has 1 aliphatic carbocycles. The highest BCUT2D eigenvalue weighted by molar-refractivity contribution is 6.01. The van der Waals surface area contributed by atoms with Crippen molar-refractivity contribution in [1.29, 1.82) is 0 Å². The van der Waals surface area contributed by atoms with Gasteiger partial charge in [0.05, 0.1) is 5.52 Å². The predicted molar refractivity (Wildman–Crippen MR) is 135 cm³/mol. The molecule has 176 valence electrons. The van der Waals surface area contributed by atoms with Crippen LogP contribution in [0.1, 0.15) is 41.7 Å². The predicted octanol–water partition coefficient (Wildman–Crippen LogP) is 4.67. The maximum atomic E-state index is 13.2. The number of hydrogen-bond acceptors (Lipinski definition) is 5. The third kappa shape index (κ3) is 4.39. The molecule has 5 aromatic rings. The Morgan fingerprint density at radius 1 is 1.14 bits per heavy atom. The summed E-state index contributed by atoms with van der Waals surface area (Å²) in [6, 6.07) is 13.8. The standard InChI is InChI=1S/C27H27N7O/c1-17-12-19(9-11-28-17)25-23-14-20(7-8-24(23)31-32-25)27(35)30-22-6-2-4-18(13-22)15-34-16-21-5-3-10-29-26(21)33-34/h3,5,7-12,14,16,18,22H,2,4,6,13,15H2,1H3,(H,30,35)(H,31,32). The van der Waals surface area contributed by atoms with Crippen LogP contribution in [0.5, 0.6) is 0 Å². The monoisotopic (exact) mass is 465 g/mol. The Morgan fingerprint density at radius 3 is 2.97 bits per heavy atom. The number of aryl methyl sites for hydroxylation is 1. The van der Waals surface area contributed by atoms with Crippen LogP contribution in [0.2, 0.25) is 0 Å². The molecule has 8 nitrogen and oxygen atoms in total. The van der Waals surface area contributed by atoms with Crippen molar-refractivity contribution in [1.82, 2.24) is 35.3 Å². The van der Waals surface area contributed by atoms with Gasteiger partial charge in [-0.15, -0.1) is 0 Å². The maximum absolute atomic E-state index is 13.2. The molecule has 0 aliphatic heterocycles. The minimum Gasteiger partial charge on any atom is -0.349 e. The summed E-state index contributed by atoms with van der Waals surface area (Å²) in [5.41, 5.74) is 5.09. The molecule has 2 atom stereocenters. The first-order chi connectivity index (χ1) is 17.1. The summed E-state index contributed by atoms with van der Waals surface area (Å²) >= 11 is 0. The first-order valence-electron chi connectivity index (χ1n) is 12.1. The highest BCUT2D eigenvalue weighted by atomic mass is 16.1. The van der Waals surface area contributed by atoms with E-state index in [-0.39, 0.29) is 11.9 Å². The number of H-pyrrole nitrogens is 1. The molecule has 1 fully saturated rings. The molecule has 0 saturated heterocycles. The van der Waals surface area contributed by atoms with Gasteiger partial charge in [-0.2, -0.15) is 10.2 Å². The number of amides is 1. The molecule has 4 aromatic heterocycles. The Kier molecular flexibility index (Phi) is 5.48. The Morgan fingerprint density at radius 2 is 2.09 bits per heavy atom. The van der Waals surface area contributed by atoms with E-state index in [1.165, 1.54) is 0 Å². The highest BCUT2D eigenvalue weighted by Crippen LogP contribution is 2.29. The minimum absolute atomic E-state index is 0.0374. The first kappa shape index (κ1) is 21.5. The molecule has 1 amide bonds. The average Bonchev–Trinajstić information content (AvgIpc) is 3.47. The molecule has 0 spiro atoms. The Hall–Kier alpha value is -4.07. The van der Waals surface area contributed by atoms with Gasteiger partial charge in [0.1, 0.15) is 5.69 Å². The van der Waals surface area contributed by atoms with Crippen molar-refractivity contribution in [2.45, 2.75) is 45.2 Å². The number of carbonyl (C=O) groups excluding carboxylic acids is 1. The number of carbonyl (C=O) groups is 1. The molecular weight excluding hydrogens is 438 g/mol. The molecular formula is C27H27N7O. The zero-order chi connectivity index (χ0) is 23.8. The number of pyridine rings is 2. The van der Waals surface area contributed by atoms with Crippen molar-refractivity contribution in [3.8, 4) is 11.3 Å². The lowest BCUT2D eigenvalue weighted by Gasteiger charge is -2.29. The first-order valence-corrected chi connectivity index (χ1v) is 12.1. The van der Waals surface area contributed by atoms with E-state index in [4.69, 9.17) is 0 Å². The number of nitrogens with one attached hydrogen (secondary N) is 2. The maximum Gasteiger partial charge on any atom is 0.251 e. The van der Waals surface area contributed by atoms with Crippen molar-refractivity contribution in [3.63, 3.8) is 0 Å². The summed E-state index contributed by atoms with van der Waals surface area (Å²) in [5.74, 6) is 0.436. The lowest BCUT2D eigenvalue weighted by atomic mass is 9.85. The average molecular weight is 466 g/mol. The van der Waals surface area contributed by atoms with E-state index in [0.717, 1.165) is 71.1 Å². The molecule has 2 unspecified atom stereocenters. The topological polar surface area (TPSA) is 101 Å². The molecule has 4 heterocycles. The lowest BCUT2D eigenvalue weighted by molar-refractivity contribution is 0.0917.